The Balaban J connectivity index is 2.02. The fourth-order valence-electron chi connectivity index (χ4n) is 2.79. The molecule has 2 amide bonds. The van der Waals surface area contributed by atoms with E-state index in [1.807, 2.05) is 0 Å². The normalized spacial score (nSPS) is 10.6. The number of nitrogens with zero attached hydrogens (tertiary/aromatic N) is 4. The summed E-state index contributed by atoms with van der Waals surface area (Å²) in [6.07, 6.45) is 2.57. The molecule has 0 unspecified atom stereocenters. The van der Waals surface area contributed by atoms with Crippen molar-refractivity contribution in [2.24, 2.45) is 7.05 Å². The molecule has 2 aromatic heterocycles. The number of nitrogens with two attached hydrogens (primary N) is 1. The van der Waals surface area contributed by atoms with Gasteiger partial charge in [0.1, 0.15) is 5.82 Å². The molecule has 11 nitrogen and oxygen atoms in total. The fraction of sp³-hybridized carbons (Fsp3) is 0.250. The molecule has 11 heteroatoms. The summed E-state index contributed by atoms with van der Waals surface area (Å²) < 4.78 is 12.3. The van der Waals surface area contributed by atoms with Crippen LogP contribution < -0.4 is 26.1 Å². The minimum absolute atomic E-state index is 0.0414. The molecular formula is C20H22N6O5. The van der Waals surface area contributed by atoms with Gasteiger partial charge in [0.2, 0.25) is 5.95 Å². The monoisotopic (exact) mass is 426 g/mol. The number of ether oxygens (including phenoxy) is 2. The first-order valence-electron chi connectivity index (χ1n) is 9.15. The van der Waals surface area contributed by atoms with Crippen LogP contribution in [0.15, 0.2) is 35.4 Å². The molecule has 0 aliphatic carbocycles. The molecule has 162 valence electrons. The van der Waals surface area contributed by atoms with Crippen molar-refractivity contribution in [3.05, 3.63) is 46.5 Å². The number of carbonyl (C=O) groups is 2. The van der Waals surface area contributed by atoms with Gasteiger partial charge in [0.15, 0.2) is 18.1 Å². The zero-order valence-corrected chi connectivity index (χ0v) is 17.5. The first kappa shape index (κ1) is 21.6. The maximum atomic E-state index is 12.9. The third-order valence-corrected chi connectivity index (χ3v) is 4.57. The van der Waals surface area contributed by atoms with Crippen LogP contribution in [0.5, 0.6) is 11.5 Å². The first-order valence-corrected chi connectivity index (χ1v) is 9.15. The van der Waals surface area contributed by atoms with Crippen LogP contribution in [0.3, 0.4) is 0 Å². The third kappa shape index (κ3) is 4.39. The lowest BCUT2D eigenvalue weighted by atomic mass is 10.1. The van der Waals surface area contributed by atoms with Crippen LogP contribution in [-0.4, -0.2) is 59.1 Å². The highest BCUT2D eigenvalue weighted by molar-refractivity contribution is 6.04. The van der Waals surface area contributed by atoms with Crippen molar-refractivity contribution in [3.63, 3.8) is 0 Å². The Kier molecular flexibility index (Phi) is 6.05. The predicted molar refractivity (Wildman–Crippen MR) is 114 cm³/mol. The SMILES string of the molecule is COc1c(OCC(=O)N(C)C)ccc2c(=O)n(C)c(NC(=O)c3cnc(N)nc3)cc12. The molecule has 31 heavy (non-hydrogen) atoms. The Labute approximate surface area is 177 Å². The van der Waals surface area contributed by atoms with Gasteiger partial charge in [-0.25, -0.2) is 9.97 Å². The number of nitrogens with one attached hydrogen (secondary N) is 1. The van der Waals surface area contributed by atoms with Gasteiger partial charge < -0.3 is 25.4 Å². The first-order chi connectivity index (χ1) is 14.7. The Morgan fingerprint density at radius 1 is 1.19 bits per heavy atom. The number of aromatic nitrogens is 3. The van der Waals surface area contributed by atoms with Gasteiger partial charge in [-0.15, -0.1) is 0 Å². The molecular weight excluding hydrogens is 404 g/mol. The highest BCUT2D eigenvalue weighted by atomic mass is 16.5. The zero-order chi connectivity index (χ0) is 22.7. The topological polar surface area (TPSA) is 142 Å². The molecule has 0 fully saturated rings. The average molecular weight is 426 g/mol. The van der Waals surface area contributed by atoms with E-state index >= 15 is 0 Å². The van der Waals surface area contributed by atoms with Crippen LogP contribution in [0.4, 0.5) is 11.8 Å². The number of fused-ring (bicyclic) bond motifs is 1. The van der Waals surface area contributed by atoms with Gasteiger partial charge in [-0.05, 0) is 18.2 Å². The second-order valence-electron chi connectivity index (χ2n) is 6.81. The van der Waals surface area contributed by atoms with Crippen LogP contribution in [0.1, 0.15) is 10.4 Å². The standard InChI is InChI=1S/C20H22N6O5/c1-25(2)16(27)10-31-14-6-5-12-13(17(14)30-4)7-15(26(3)19(12)29)24-18(28)11-8-22-20(21)23-9-11/h5-9H,10H2,1-4H3,(H,24,28)(H2,21,22,23). The molecule has 0 saturated heterocycles. The molecule has 1 aromatic carbocycles. The van der Waals surface area contributed by atoms with E-state index in [0.29, 0.717) is 16.5 Å². The van der Waals surface area contributed by atoms with Gasteiger partial charge in [0, 0.05) is 38.9 Å². The van der Waals surface area contributed by atoms with Gasteiger partial charge in [0.25, 0.3) is 17.4 Å². The third-order valence-electron chi connectivity index (χ3n) is 4.57. The van der Waals surface area contributed by atoms with Gasteiger partial charge in [-0.1, -0.05) is 0 Å². The average Bonchev–Trinajstić information content (AvgIpc) is 2.75. The quantitative estimate of drug-likeness (QED) is 0.585. The maximum Gasteiger partial charge on any atom is 0.259 e. The molecule has 3 aromatic rings. The number of hydrogen-bond donors (Lipinski definition) is 2. The van der Waals surface area contributed by atoms with Gasteiger partial charge >= 0.3 is 0 Å². The van der Waals surface area contributed by atoms with Crippen molar-refractivity contribution < 1.29 is 19.1 Å². The van der Waals surface area contributed by atoms with Crippen LogP contribution >= 0.6 is 0 Å². The molecule has 0 saturated carbocycles. The largest absolute Gasteiger partial charge is 0.492 e. The van der Waals surface area contributed by atoms with Crippen molar-refractivity contribution in [2.75, 3.05) is 38.9 Å². The van der Waals surface area contributed by atoms with E-state index in [1.165, 1.54) is 36.0 Å². The number of carbonyl (C=O) groups excluding carboxylic acids is 2. The number of nitrogen functional groups attached to an aromatic ring is 1. The Bertz CT molecular complexity index is 1200. The lowest BCUT2D eigenvalue weighted by Crippen LogP contribution is -2.27. The van der Waals surface area contributed by atoms with Crippen LogP contribution in [0, 0.1) is 0 Å². The number of methoxy groups -OCH3 is 1. The van der Waals surface area contributed by atoms with Crippen LogP contribution in [0.2, 0.25) is 0 Å². The summed E-state index contributed by atoms with van der Waals surface area (Å²) in [6, 6.07) is 4.73. The molecule has 2 heterocycles. The van der Waals surface area contributed by atoms with Crippen molar-refractivity contribution in [2.45, 2.75) is 0 Å². The lowest BCUT2D eigenvalue weighted by Gasteiger charge is -2.17. The Morgan fingerprint density at radius 2 is 1.87 bits per heavy atom. The smallest absolute Gasteiger partial charge is 0.259 e. The highest BCUT2D eigenvalue weighted by Gasteiger charge is 2.18. The van der Waals surface area contributed by atoms with Crippen LogP contribution in [0.25, 0.3) is 10.8 Å². The molecule has 0 radical (unpaired) electrons. The number of rotatable bonds is 6. The second-order valence-corrected chi connectivity index (χ2v) is 6.81. The van der Waals surface area contributed by atoms with E-state index in [1.54, 1.807) is 32.3 Å². The van der Waals surface area contributed by atoms with Gasteiger partial charge in [0.05, 0.1) is 18.1 Å². The molecule has 0 bridgehead atoms. The summed E-state index contributed by atoms with van der Waals surface area (Å²) in [6.45, 7) is -0.194. The van der Waals surface area contributed by atoms with E-state index < -0.39 is 5.91 Å². The number of pyridine rings is 1. The second kappa shape index (κ2) is 8.69. The van der Waals surface area contributed by atoms with E-state index in [2.05, 4.69) is 15.3 Å². The summed E-state index contributed by atoms with van der Waals surface area (Å²) in [5.74, 6) is 0.0802. The molecule has 3 rings (SSSR count). The number of hydrogen-bond acceptors (Lipinski definition) is 8. The van der Waals surface area contributed by atoms with Gasteiger partial charge in [-0.2, -0.15) is 0 Å². The summed E-state index contributed by atoms with van der Waals surface area (Å²) in [5.41, 5.74) is 5.27. The van der Waals surface area contributed by atoms with Crippen LogP contribution in [-0.2, 0) is 11.8 Å². The Morgan fingerprint density at radius 3 is 2.48 bits per heavy atom. The maximum absolute atomic E-state index is 12.9. The van der Waals surface area contributed by atoms with E-state index in [9.17, 15) is 14.4 Å². The molecule has 0 atom stereocenters. The summed E-state index contributed by atoms with van der Waals surface area (Å²) in [4.78, 5) is 46.2. The van der Waals surface area contributed by atoms with Gasteiger partial charge in [-0.3, -0.25) is 19.0 Å². The fourth-order valence-corrected chi connectivity index (χ4v) is 2.79. The van der Waals surface area contributed by atoms with Crippen molar-refractivity contribution in [3.8, 4) is 11.5 Å². The minimum atomic E-state index is -0.516. The summed E-state index contributed by atoms with van der Waals surface area (Å²) >= 11 is 0. The van der Waals surface area contributed by atoms with Crippen molar-refractivity contribution in [1.82, 2.24) is 19.4 Å². The zero-order valence-electron chi connectivity index (χ0n) is 17.5. The predicted octanol–water partition coefficient (Wildman–Crippen LogP) is 0.639. The molecule has 0 aliphatic rings. The molecule has 0 aliphatic heterocycles. The lowest BCUT2D eigenvalue weighted by molar-refractivity contribution is -0.130. The summed E-state index contributed by atoms with van der Waals surface area (Å²) in [5, 5.41) is 3.44. The van der Waals surface area contributed by atoms with Crippen molar-refractivity contribution in [1.29, 1.82) is 0 Å². The molecule has 3 N–H and O–H groups in total. The van der Waals surface area contributed by atoms with E-state index in [-0.39, 0.29) is 41.2 Å². The Hall–Kier alpha value is -4.15. The number of likely N-dealkylation sites (N-methyl/N-ethyl adjacent to an activating group) is 1. The minimum Gasteiger partial charge on any atom is -0.492 e. The number of benzene rings is 1. The van der Waals surface area contributed by atoms with E-state index in [0.717, 1.165) is 0 Å². The number of amides is 2. The van der Waals surface area contributed by atoms with Crippen molar-refractivity contribution >= 4 is 34.4 Å². The highest BCUT2D eigenvalue weighted by Crippen LogP contribution is 2.35. The molecule has 0 spiro atoms. The summed E-state index contributed by atoms with van der Waals surface area (Å²) in [7, 11) is 6.20. The van der Waals surface area contributed by atoms with E-state index in [4.69, 9.17) is 15.2 Å². The number of anilines is 2.